The molecule has 0 aliphatic carbocycles. The average Bonchev–Trinajstić information content (AvgIpc) is 2.50. The van der Waals surface area contributed by atoms with Crippen molar-refractivity contribution in [1.29, 1.82) is 0 Å². The third-order valence-electron chi connectivity index (χ3n) is 3.92. The molecule has 1 aromatic carbocycles. The van der Waals surface area contributed by atoms with Gasteiger partial charge in [0, 0.05) is 5.41 Å². The molecule has 1 fully saturated rings. The smallest absolute Gasteiger partial charge is 0.406 e. The Morgan fingerprint density at radius 2 is 1.88 bits per heavy atom. The molecule has 2 rings (SSSR count). The standard InChI is InChI=1S/C17H19F3O5/c1-15(2)23-10-16(3,14(25-15)13(22)9-21)8-11-4-6-12(7-5-11)24-17(18,19)20/h4-7,9,14H,8,10H2,1-3H3. The van der Waals surface area contributed by atoms with Crippen molar-refractivity contribution in [3.8, 4) is 5.75 Å². The zero-order chi connectivity index (χ0) is 18.9. The van der Waals surface area contributed by atoms with Gasteiger partial charge in [-0.05, 0) is 38.0 Å². The molecule has 0 amide bonds. The van der Waals surface area contributed by atoms with E-state index < -0.39 is 29.5 Å². The van der Waals surface area contributed by atoms with Crippen molar-refractivity contribution in [3.05, 3.63) is 29.8 Å². The number of Topliss-reactive ketones (excluding diaryl/α,β-unsaturated/α-hetero) is 1. The van der Waals surface area contributed by atoms with Crippen LogP contribution in [-0.2, 0) is 25.5 Å². The van der Waals surface area contributed by atoms with Gasteiger partial charge in [-0.2, -0.15) is 0 Å². The fourth-order valence-corrected chi connectivity index (χ4v) is 2.76. The third-order valence-corrected chi connectivity index (χ3v) is 3.92. The van der Waals surface area contributed by atoms with Gasteiger partial charge < -0.3 is 14.2 Å². The van der Waals surface area contributed by atoms with E-state index in [0.717, 1.165) is 0 Å². The minimum absolute atomic E-state index is 0.158. The molecule has 0 aromatic heterocycles. The van der Waals surface area contributed by atoms with Gasteiger partial charge >= 0.3 is 6.36 Å². The van der Waals surface area contributed by atoms with E-state index >= 15 is 0 Å². The molecule has 0 saturated carbocycles. The predicted octanol–water partition coefficient (Wildman–Crippen LogP) is 3.05. The third kappa shape index (κ3) is 5.02. The van der Waals surface area contributed by atoms with Crippen molar-refractivity contribution in [3.63, 3.8) is 0 Å². The predicted molar refractivity (Wildman–Crippen MR) is 80.9 cm³/mol. The quantitative estimate of drug-likeness (QED) is 0.597. The number of ketones is 1. The van der Waals surface area contributed by atoms with E-state index in [1.165, 1.54) is 24.3 Å². The Balaban J connectivity index is 2.18. The first-order valence-corrected chi connectivity index (χ1v) is 7.60. The van der Waals surface area contributed by atoms with Gasteiger partial charge in [-0.15, -0.1) is 13.2 Å². The Bertz CT molecular complexity index is 639. The molecule has 1 saturated heterocycles. The number of benzene rings is 1. The highest BCUT2D eigenvalue weighted by atomic mass is 19.4. The minimum Gasteiger partial charge on any atom is -0.406 e. The summed E-state index contributed by atoms with van der Waals surface area (Å²) in [5.41, 5.74) is -0.174. The van der Waals surface area contributed by atoms with Crippen LogP contribution in [0.15, 0.2) is 24.3 Å². The van der Waals surface area contributed by atoms with Crippen LogP contribution in [0, 0.1) is 5.41 Å². The van der Waals surface area contributed by atoms with Gasteiger partial charge in [-0.3, -0.25) is 9.59 Å². The lowest BCUT2D eigenvalue weighted by molar-refractivity contribution is -0.305. The molecule has 1 aliphatic rings. The molecule has 25 heavy (non-hydrogen) atoms. The normalized spacial score (nSPS) is 26.1. The molecule has 0 spiro atoms. The molecule has 0 N–H and O–H groups in total. The number of aldehydes is 1. The van der Waals surface area contributed by atoms with E-state index in [2.05, 4.69) is 4.74 Å². The van der Waals surface area contributed by atoms with Crippen molar-refractivity contribution in [1.82, 2.24) is 0 Å². The maximum absolute atomic E-state index is 12.2. The van der Waals surface area contributed by atoms with Crippen LogP contribution >= 0.6 is 0 Å². The lowest BCUT2D eigenvalue weighted by Crippen LogP contribution is -2.56. The topological polar surface area (TPSA) is 61.8 Å². The Morgan fingerprint density at radius 1 is 1.28 bits per heavy atom. The molecule has 1 aromatic rings. The molecule has 1 aliphatic heterocycles. The molecule has 2 atom stereocenters. The molecule has 138 valence electrons. The summed E-state index contributed by atoms with van der Waals surface area (Å²) in [6.07, 6.45) is -5.27. The number of ether oxygens (including phenoxy) is 3. The largest absolute Gasteiger partial charge is 0.573 e. The fourth-order valence-electron chi connectivity index (χ4n) is 2.76. The monoisotopic (exact) mass is 360 g/mol. The number of carbonyl (C=O) groups is 2. The highest BCUT2D eigenvalue weighted by molar-refractivity contribution is 6.27. The van der Waals surface area contributed by atoms with E-state index in [9.17, 15) is 22.8 Å². The van der Waals surface area contributed by atoms with Crippen LogP contribution in [0.2, 0.25) is 0 Å². The summed E-state index contributed by atoms with van der Waals surface area (Å²) in [4.78, 5) is 22.9. The van der Waals surface area contributed by atoms with Crippen LogP contribution in [0.4, 0.5) is 13.2 Å². The number of hydrogen-bond donors (Lipinski definition) is 0. The van der Waals surface area contributed by atoms with Crippen molar-refractivity contribution in [2.45, 2.75) is 45.4 Å². The number of carbonyl (C=O) groups excluding carboxylic acids is 2. The molecule has 0 radical (unpaired) electrons. The lowest BCUT2D eigenvalue weighted by atomic mass is 9.76. The second kappa shape index (κ2) is 6.76. The van der Waals surface area contributed by atoms with Crippen LogP contribution in [-0.4, -0.2) is 36.9 Å². The Hall–Kier alpha value is -1.93. The zero-order valence-electron chi connectivity index (χ0n) is 14.1. The summed E-state index contributed by atoms with van der Waals surface area (Å²) in [7, 11) is 0. The van der Waals surface area contributed by atoms with E-state index in [1.807, 2.05) is 0 Å². The first kappa shape index (κ1) is 19.4. The van der Waals surface area contributed by atoms with Crippen LogP contribution in [0.3, 0.4) is 0 Å². The fraction of sp³-hybridized carbons (Fsp3) is 0.529. The van der Waals surface area contributed by atoms with Crippen LogP contribution in [0.1, 0.15) is 26.3 Å². The molecule has 8 heteroatoms. The second-order valence-electron chi connectivity index (χ2n) is 6.73. The maximum Gasteiger partial charge on any atom is 0.573 e. The van der Waals surface area contributed by atoms with Crippen LogP contribution < -0.4 is 4.74 Å². The van der Waals surface area contributed by atoms with Gasteiger partial charge in [-0.1, -0.05) is 19.1 Å². The zero-order valence-corrected chi connectivity index (χ0v) is 14.1. The first-order valence-electron chi connectivity index (χ1n) is 7.60. The summed E-state index contributed by atoms with van der Waals surface area (Å²) in [5, 5.41) is 0. The number of hydrogen-bond acceptors (Lipinski definition) is 5. The Kier molecular flexibility index (Phi) is 5.24. The number of rotatable bonds is 5. The molecule has 0 bridgehead atoms. The second-order valence-corrected chi connectivity index (χ2v) is 6.73. The van der Waals surface area contributed by atoms with Crippen molar-refractivity contribution >= 4 is 12.1 Å². The summed E-state index contributed by atoms with van der Waals surface area (Å²) in [6, 6.07) is 5.32. The summed E-state index contributed by atoms with van der Waals surface area (Å²) < 4.78 is 51.7. The molecule has 5 nitrogen and oxygen atoms in total. The van der Waals surface area contributed by atoms with Crippen molar-refractivity contribution in [2.75, 3.05) is 6.61 Å². The van der Waals surface area contributed by atoms with Gasteiger partial charge in [0.05, 0.1) is 6.61 Å². The van der Waals surface area contributed by atoms with Crippen molar-refractivity contribution < 1.29 is 37.0 Å². The van der Waals surface area contributed by atoms with Crippen LogP contribution in [0.25, 0.3) is 0 Å². The molecule has 2 unspecified atom stereocenters. The number of alkyl halides is 3. The van der Waals surface area contributed by atoms with E-state index in [0.29, 0.717) is 5.56 Å². The van der Waals surface area contributed by atoms with E-state index in [1.54, 1.807) is 20.8 Å². The first-order chi connectivity index (χ1) is 11.4. The van der Waals surface area contributed by atoms with Gasteiger partial charge in [0.25, 0.3) is 0 Å². The lowest BCUT2D eigenvalue weighted by Gasteiger charge is -2.46. The van der Waals surface area contributed by atoms with Crippen LogP contribution in [0.5, 0.6) is 5.75 Å². The average molecular weight is 360 g/mol. The molecular weight excluding hydrogens is 341 g/mol. The van der Waals surface area contributed by atoms with Gasteiger partial charge in [-0.25, -0.2) is 0 Å². The van der Waals surface area contributed by atoms with E-state index in [4.69, 9.17) is 9.47 Å². The summed E-state index contributed by atoms with van der Waals surface area (Å²) >= 11 is 0. The highest BCUT2D eigenvalue weighted by Crippen LogP contribution is 2.38. The molecular formula is C17H19F3O5. The Labute approximate surface area is 143 Å². The van der Waals surface area contributed by atoms with Gasteiger partial charge in [0.1, 0.15) is 11.9 Å². The van der Waals surface area contributed by atoms with Gasteiger partial charge in [0.2, 0.25) is 5.78 Å². The highest BCUT2D eigenvalue weighted by Gasteiger charge is 2.48. The van der Waals surface area contributed by atoms with E-state index in [-0.39, 0.29) is 25.1 Å². The minimum atomic E-state index is -4.76. The van der Waals surface area contributed by atoms with Gasteiger partial charge in [0.15, 0.2) is 12.1 Å². The SMILES string of the molecule is CC1(C)OCC(C)(Cc2ccc(OC(F)(F)F)cc2)C(C(=O)C=O)O1. The Morgan fingerprint density at radius 3 is 2.40 bits per heavy atom. The number of halogens is 3. The summed E-state index contributed by atoms with van der Waals surface area (Å²) in [5.74, 6) is -2.04. The van der Waals surface area contributed by atoms with Crippen molar-refractivity contribution in [2.24, 2.45) is 5.41 Å². The maximum atomic E-state index is 12.2. The summed E-state index contributed by atoms with van der Waals surface area (Å²) in [6.45, 7) is 5.17. The molecule has 1 heterocycles.